The molecular formula is C15H19NO3S. The highest BCUT2D eigenvalue weighted by molar-refractivity contribution is 7.12. The Morgan fingerprint density at radius 3 is 3.00 bits per heavy atom. The molecular weight excluding hydrogens is 274 g/mol. The second-order valence-electron chi connectivity index (χ2n) is 5.07. The Hall–Kier alpha value is -1.35. The average molecular weight is 293 g/mol. The lowest BCUT2D eigenvalue weighted by molar-refractivity contribution is 0.0424. The third kappa shape index (κ3) is 3.83. The Morgan fingerprint density at radius 1 is 1.55 bits per heavy atom. The Labute approximate surface area is 123 Å². The topological polar surface area (TPSA) is 58.6 Å². The first-order valence-electron chi connectivity index (χ1n) is 6.72. The molecule has 1 aliphatic heterocycles. The van der Waals surface area contributed by atoms with Crippen LogP contribution in [0.3, 0.4) is 0 Å². The number of ether oxygens (including phenoxy) is 1. The molecule has 0 saturated carbocycles. The van der Waals surface area contributed by atoms with Crippen molar-refractivity contribution in [1.82, 2.24) is 5.32 Å². The fourth-order valence-electron chi connectivity index (χ4n) is 2.07. The average Bonchev–Trinajstić information content (AvgIpc) is 2.88. The lowest BCUT2D eigenvalue weighted by Gasteiger charge is -2.34. The van der Waals surface area contributed by atoms with Gasteiger partial charge < -0.3 is 15.2 Å². The third-order valence-electron chi connectivity index (χ3n) is 3.34. The zero-order chi connectivity index (χ0) is 14.4. The summed E-state index contributed by atoms with van der Waals surface area (Å²) in [6.07, 6.45) is 2.08. The van der Waals surface area contributed by atoms with E-state index in [9.17, 15) is 4.79 Å². The number of hydrogen-bond donors (Lipinski definition) is 2. The van der Waals surface area contributed by atoms with E-state index in [-0.39, 0.29) is 18.1 Å². The Bertz CT molecular complexity index is 521. The van der Waals surface area contributed by atoms with Gasteiger partial charge in [0.2, 0.25) is 0 Å². The highest BCUT2D eigenvalue weighted by Crippen LogP contribution is 2.22. The maximum absolute atomic E-state index is 12.4. The van der Waals surface area contributed by atoms with Gasteiger partial charge in [-0.3, -0.25) is 4.79 Å². The summed E-state index contributed by atoms with van der Waals surface area (Å²) in [6, 6.07) is 1.84. The fraction of sp³-hybridized carbons (Fsp3) is 0.533. The van der Waals surface area contributed by atoms with Crippen LogP contribution < -0.4 is 5.32 Å². The van der Waals surface area contributed by atoms with Gasteiger partial charge in [-0.1, -0.05) is 11.8 Å². The van der Waals surface area contributed by atoms with E-state index in [2.05, 4.69) is 24.1 Å². The summed E-state index contributed by atoms with van der Waals surface area (Å²) < 4.78 is 5.33. The lowest BCUT2D eigenvalue weighted by atomic mass is 9.92. The largest absolute Gasteiger partial charge is 0.395 e. The van der Waals surface area contributed by atoms with Crippen LogP contribution in [-0.4, -0.2) is 36.4 Å². The molecule has 0 atom stereocenters. The minimum absolute atomic E-state index is 0.0384. The second-order valence-corrected chi connectivity index (χ2v) is 5.98. The molecule has 1 aliphatic rings. The first kappa shape index (κ1) is 15.0. The minimum Gasteiger partial charge on any atom is -0.395 e. The molecule has 1 amide bonds. The van der Waals surface area contributed by atoms with Crippen LogP contribution in [0.2, 0.25) is 0 Å². The number of nitrogens with one attached hydrogen (secondary N) is 1. The zero-order valence-electron chi connectivity index (χ0n) is 11.6. The molecule has 1 aromatic rings. The van der Waals surface area contributed by atoms with Gasteiger partial charge in [-0.05, 0) is 31.2 Å². The van der Waals surface area contributed by atoms with E-state index < -0.39 is 0 Å². The van der Waals surface area contributed by atoms with Gasteiger partial charge in [0.25, 0.3) is 5.91 Å². The van der Waals surface area contributed by atoms with Gasteiger partial charge >= 0.3 is 0 Å². The minimum atomic E-state index is -0.199. The molecule has 20 heavy (non-hydrogen) atoms. The van der Waals surface area contributed by atoms with Crippen LogP contribution in [0.5, 0.6) is 0 Å². The molecule has 2 rings (SSSR count). The lowest BCUT2D eigenvalue weighted by Crippen LogP contribution is -2.49. The number of aliphatic hydroxyl groups excluding tert-OH is 1. The van der Waals surface area contributed by atoms with Crippen molar-refractivity contribution < 1.29 is 14.6 Å². The molecule has 0 bridgehead atoms. The third-order valence-corrected chi connectivity index (χ3v) is 4.26. The number of carbonyl (C=O) groups excluding carboxylic acids is 1. The van der Waals surface area contributed by atoms with Gasteiger partial charge in [-0.2, -0.15) is 0 Å². The Kier molecular flexibility index (Phi) is 5.18. The smallest absolute Gasteiger partial charge is 0.263 e. The summed E-state index contributed by atoms with van der Waals surface area (Å²) in [7, 11) is 0. The van der Waals surface area contributed by atoms with E-state index in [1.54, 1.807) is 0 Å². The number of amides is 1. The molecule has 1 aromatic heterocycles. The summed E-state index contributed by atoms with van der Waals surface area (Å²) in [5, 5.41) is 13.7. The predicted octanol–water partition coefficient (Wildman–Crippen LogP) is 1.78. The molecule has 1 saturated heterocycles. The quantitative estimate of drug-likeness (QED) is 0.835. The normalized spacial score (nSPS) is 17.1. The highest BCUT2D eigenvalue weighted by Gasteiger charge is 2.30. The molecule has 108 valence electrons. The van der Waals surface area contributed by atoms with E-state index in [4.69, 9.17) is 9.84 Å². The SMILES string of the molecule is CC1(NC(=O)c2sccc2C#CCCO)CCOCC1. The highest BCUT2D eigenvalue weighted by atomic mass is 32.1. The van der Waals surface area contributed by atoms with Crippen LogP contribution in [0, 0.1) is 11.8 Å². The maximum Gasteiger partial charge on any atom is 0.263 e. The molecule has 0 radical (unpaired) electrons. The number of hydrogen-bond acceptors (Lipinski definition) is 4. The van der Waals surface area contributed by atoms with Crippen molar-refractivity contribution in [2.45, 2.75) is 31.7 Å². The van der Waals surface area contributed by atoms with Crippen LogP contribution >= 0.6 is 11.3 Å². The molecule has 0 unspecified atom stereocenters. The zero-order valence-corrected chi connectivity index (χ0v) is 12.4. The van der Waals surface area contributed by atoms with Crippen LogP contribution in [0.4, 0.5) is 0 Å². The standard InChI is InChI=1S/C15H19NO3S/c1-15(6-9-19-10-7-15)16-14(18)13-12(5-11-20-13)4-2-3-8-17/h5,11,17H,3,6-10H2,1H3,(H,16,18). The van der Waals surface area contributed by atoms with Crippen molar-refractivity contribution in [3.05, 3.63) is 21.9 Å². The van der Waals surface area contributed by atoms with Crippen molar-refractivity contribution >= 4 is 17.2 Å². The fourth-order valence-corrected chi connectivity index (χ4v) is 2.82. The number of aliphatic hydroxyl groups is 1. The number of carbonyl (C=O) groups is 1. The van der Waals surface area contributed by atoms with Gasteiger partial charge in [-0.15, -0.1) is 11.3 Å². The van der Waals surface area contributed by atoms with E-state index in [0.717, 1.165) is 18.4 Å². The number of thiophene rings is 1. The molecule has 2 heterocycles. The van der Waals surface area contributed by atoms with Crippen molar-refractivity contribution in [2.24, 2.45) is 0 Å². The van der Waals surface area contributed by atoms with Crippen LogP contribution in [-0.2, 0) is 4.74 Å². The Morgan fingerprint density at radius 2 is 2.30 bits per heavy atom. The van der Waals surface area contributed by atoms with Gasteiger partial charge in [0.05, 0.1) is 6.61 Å². The molecule has 4 nitrogen and oxygen atoms in total. The second kappa shape index (κ2) is 6.89. The molecule has 2 N–H and O–H groups in total. The van der Waals surface area contributed by atoms with Gasteiger partial charge in [0.15, 0.2) is 0 Å². The van der Waals surface area contributed by atoms with E-state index in [1.165, 1.54) is 11.3 Å². The van der Waals surface area contributed by atoms with Gasteiger partial charge in [0, 0.05) is 30.7 Å². The summed E-state index contributed by atoms with van der Waals surface area (Å²) in [4.78, 5) is 13.0. The first-order chi connectivity index (χ1) is 9.64. The van der Waals surface area contributed by atoms with E-state index in [0.29, 0.717) is 24.5 Å². The van der Waals surface area contributed by atoms with Crippen molar-refractivity contribution in [1.29, 1.82) is 0 Å². The number of rotatable bonds is 3. The molecule has 5 heteroatoms. The molecule has 1 fully saturated rings. The summed E-state index contributed by atoms with van der Waals surface area (Å²) >= 11 is 1.39. The maximum atomic E-state index is 12.4. The molecule has 0 aromatic carbocycles. The Balaban J connectivity index is 2.06. The predicted molar refractivity (Wildman–Crippen MR) is 78.8 cm³/mol. The first-order valence-corrected chi connectivity index (χ1v) is 7.60. The molecule has 0 spiro atoms. The van der Waals surface area contributed by atoms with Gasteiger partial charge in [-0.25, -0.2) is 0 Å². The van der Waals surface area contributed by atoms with Crippen LogP contribution in [0.15, 0.2) is 11.4 Å². The summed E-state index contributed by atoms with van der Waals surface area (Å²) in [5.41, 5.74) is 0.534. The summed E-state index contributed by atoms with van der Waals surface area (Å²) in [6.45, 7) is 3.46. The van der Waals surface area contributed by atoms with Crippen molar-refractivity contribution in [3.8, 4) is 11.8 Å². The molecule has 0 aliphatic carbocycles. The monoisotopic (exact) mass is 293 g/mol. The van der Waals surface area contributed by atoms with Crippen LogP contribution in [0.1, 0.15) is 41.4 Å². The van der Waals surface area contributed by atoms with E-state index in [1.807, 2.05) is 11.4 Å². The van der Waals surface area contributed by atoms with Crippen LogP contribution in [0.25, 0.3) is 0 Å². The van der Waals surface area contributed by atoms with Crippen molar-refractivity contribution in [3.63, 3.8) is 0 Å². The summed E-state index contributed by atoms with van der Waals surface area (Å²) in [5.74, 6) is 5.72. The van der Waals surface area contributed by atoms with E-state index >= 15 is 0 Å². The van der Waals surface area contributed by atoms with Crippen molar-refractivity contribution in [2.75, 3.05) is 19.8 Å². The van der Waals surface area contributed by atoms with Gasteiger partial charge in [0.1, 0.15) is 4.88 Å².